The Hall–Kier alpha value is -1.06. The zero-order chi connectivity index (χ0) is 15.8. The molecule has 120 valence electrons. The van der Waals surface area contributed by atoms with Gasteiger partial charge < -0.3 is 15.2 Å². The molecule has 0 spiro atoms. The van der Waals surface area contributed by atoms with Crippen LogP contribution in [-0.2, 0) is 0 Å². The molecule has 3 unspecified atom stereocenters. The molecule has 1 aromatic carbocycles. The largest absolute Gasteiger partial charge is 0.491 e. The molecule has 1 aromatic rings. The summed E-state index contributed by atoms with van der Waals surface area (Å²) in [7, 11) is 0. The molecule has 0 amide bonds. The van der Waals surface area contributed by atoms with E-state index in [1.807, 2.05) is 19.1 Å². The molecule has 0 bridgehead atoms. The van der Waals surface area contributed by atoms with Gasteiger partial charge in [-0.2, -0.15) is 0 Å². The van der Waals surface area contributed by atoms with Crippen LogP contribution in [0.1, 0.15) is 44.7 Å². The Morgan fingerprint density at radius 1 is 1.24 bits per heavy atom. The summed E-state index contributed by atoms with van der Waals surface area (Å²) in [5.74, 6) is 1.57. The lowest BCUT2D eigenvalue weighted by Gasteiger charge is -2.20. The molecule has 3 heteroatoms. The zero-order valence-corrected chi connectivity index (χ0v) is 14.1. The van der Waals surface area contributed by atoms with Crippen molar-refractivity contribution in [3.8, 4) is 5.75 Å². The van der Waals surface area contributed by atoms with E-state index in [-0.39, 0.29) is 0 Å². The first-order valence-corrected chi connectivity index (χ1v) is 8.03. The maximum atomic E-state index is 10.0. The molecule has 21 heavy (non-hydrogen) atoms. The molecule has 0 aliphatic carbocycles. The average Bonchev–Trinajstić information content (AvgIpc) is 2.44. The first-order chi connectivity index (χ1) is 9.92. The number of hydrogen-bond acceptors (Lipinski definition) is 3. The van der Waals surface area contributed by atoms with Gasteiger partial charge in [-0.25, -0.2) is 0 Å². The van der Waals surface area contributed by atoms with Gasteiger partial charge in [0.2, 0.25) is 0 Å². The van der Waals surface area contributed by atoms with Crippen LogP contribution in [-0.4, -0.2) is 30.4 Å². The Kier molecular flexibility index (Phi) is 7.76. The van der Waals surface area contributed by atoms with Crippen molar-refractivity contribution >= 4 is 0 Å². The van der Waals surface area contributed by atoms with Crippen molar-refractivity contribution in [1.82, 2.24) is 5.32 Å². The molecule has 0 aliphatic rings. The van der Waals surface area contributed by atoms with Gasteiger partial charge in [0.1, 0.15) is 18.5 Å². The van der Waals surface area contributed by atoms with Crippen LogP contribution >= 0.6 is 0 Å². The van der Waals surface area contributed by atoms with E-state index in [2.05, 4.69) is 39.1 Å². The Bertz CT molecular complexity index is 420. The molecule has 0 aliphatic heterocycles. The van der Waals surface area contributed by atoms with Crippen LogP contribution in [0.3, 0.4) is 0 Å². The highest BCUT2D eigenvalue weighted by Gasteiger charge is 2.11. The van der Waals surface area contributed by atoms with Crippen molar-refractivity contribution in [3.05, 3.63) is 29.3 Å². The van der Waals surface area contributed by atoms with Crippen molar-refractivity contribution < 1.29 is 9.84 Å². The van der Waals surface area contributed by atoms with Gasteiger partial charge >= 0.3 is 0 Å². The van der Waals surface area contributed by atoms with E-state index >= 15 is 0 Å². The summed E-state index contributed by atoms with van der Waals surface area (Å²) < 4.78 is 5.70. The second kappa shape index (κ2) is 9.06. The predicted molar refractivity (Wildman–Crippen MR) is 89.0 cm³/mol. The maximum Gasteiger partial charge on any atom is 0.122 e. The monoisotopic (exact) mass is 293 g/mol. The van der Waals surface area contributed by atoms with E-state index in [0.717, 1.165) is 23.7 Å². The summed E-state index contributed by atoms with van der Waals surface area (Å²) >= 11 is 0. The van der Waals surface area contributed by atoms with Crippen LogP contribution in [0.15, 0.2) is 18.2 Å². The maximum absolute atomic E-state index is 10.0. The molecule has 3 atom stereocenters. The van der Waals surface area contributed by atoms with Crippen molar-refractivity contribution in [3.63, 3.8) is 0 Å². The highest BCUT2D eigenvalue weighted by Crippen LogP contribution is 2.18. The Morgan fingerprint density at radius 3 is 2.57 bits per heavy atom. The highest BCUT2D eigenvalue weighted by molar-refractivity contribution is 5.35. The lowest BCUT2D eigenvalue weighted by atomic mass is 10.0. The number of hydrogen-bond donors (Lipinski definition) is 2. The molecule has 0 saturated carbocycles. The lowest BCUT2D eigenvalue weighted by molar-refractivity contribution is 0.103. The minimum absolute atomic E-state index is 0.326. The van der Waals surface area contributed by atoms with Gasteiger partial charge in [0.25, 0.3) is 0 Å². The van der Waals surface area contributed by atoms with Crippen LogP contribution in [0, 0.1) is 19.8 Å². The van der Waals surface area contributed by atoms with E-state index < -0.39 is 6.10 Å². The van der Waals surface area contributed by atoms with Gasteiger partial charge in [-0.3, -0.25) is 0 Å². The van der Waals surface area contributed by atoms with Crippen LogP contribution < -0.4 is 10.1 Å². The highest BCUT2D eigenvalue weighted by atomic mass is 16.5. The summed E-state index contributed by atoms with van der Waals surface area (Å²) in [4.78, 5) is 0. The summed E-state index contributed by atoms with van der Waals surface area (Å²) in [5, 5.41) is 13.4. The van der Waals surface area contributed by atoms with Crippen LogP contribution in [0.4, 0.5) is 0 Å². The number of nitrogens with one attached hydrogen (secondary N) is 1. The number of aliphatic hydroxyl groups is 1. The second-order valence-corrected chi connectivity index (χ2v) is 6.29. The molecule has 3 nitrogen and oxygen atoms in total. The summed E-state index contributed by atoms with van der Waals surface area (Å²) in [6.07, 6.45) is 1.86. The minimum atomic E-state index is -0.481. The predicted octanol–water partition coefficient (Wildman–Crippen LogP) is 3.46. The summed E-state index contributed by atoms with van der Waals surface area (Å²) in [5.41, 5.74) is 2.33. The van der Waals surface area contributed by atoms with Gasteiger partial charge in [-0.05, 0) is 44.7 Å². The first kappa shape index (κ1) is 18.0. The number of aryl methyl sites for hydroxylation is 2. The average molecular weight is 293 g/mol. The fourth-order valence-corrected chi connectivity index (χ4v) is 2.40. The van der Waals surface area contributed by atoms with Gasteiger partial charge in [0, 0.05) is 12.6 Å². The van der Waals surface area contributed by atoms with Gasteiger partial charge in [0.15, 0.2) is 0 Å². The van der Waals surface area contributed by atoms with Crippen molar-refractivity contribution in [2.24, 2.45) is 5.92 Å². The Morgan fingerprint density at radius 2 is 1.95 bits per heavy atom. The Balaban J connectivity index is 2.29. The molecular weight excluding hydrogens is 262 g/mol. The fourth-order valence-electron chi connectivity index (χ4n) is 2.40. The molecule has 0 saturated heterocycles. The molecule has 1 rings (SSSR count). The third-order valence-electron chi connectivity index (χ3n) is 3.92. The molecule has 0 aromatic heterocycles. The van der Waals surface area contributed by atoms with Crippen LogP contribution in [0.2, 0.25) is 0 Å². The standard InChI is InChI=1S/C18H31NO2/c1-6-13(2)10-16(5)19-11-17(20)12-21-18-8-7-14(3)9-15(18)4/h7-9,13,16-17,19-20H,6,10-12H2,1-5H3. The smallest absolute Gasteiger partial charge is 0.122 e. The Labute approximate surface area is 129 Å². The SMILES string of the molecule is CCC(C)CC(C)NCC(O)COc1ccc(C)cc1C. The van der Waals surface area contributed by atoms with E-state index in [1.165, 1.54) is 12.0 Å². The molecule has 0 radical (unpaired) electrons. The van der Waals surface area contributed by atoms with Crippen molar-refractivity contribution in [2.45, 2.75) is 59.6 Å². The first-order valence-electron chi connectivity index (χ1n) is 8.03. The quantitative estimate of drug-likeness (QED) is 0.732. The zero-order valence-electron chi connectivity index (χ0n) is 14.1. The minimum Gasteiger partial charge on any atom is -0.491 e. The second-order valence-electron chi connectivity index (χ2n) is 6.29. The van der Waals surface area contributed by atoms with Gasteiger partial charge in [-0.15, -0.1) is 0 Å². The lowest BCUT2D eigenvalue weighted by Crippen LogP contribution is -2.37. The van der Waals surface area contributed by atoms with Crippen LogP contribution in [0.25, 0.3) is 0 Å². The number of aliphatic hydroxyl groups excluding tert-OH is 1. The van der Waals surface area contributed by atoms with Crippen LogP contribution in [0.5, 0.6) is 5.75 Å². The van der Waals surface area contributed by atoms with E-state index in [9.17, 15) is 5.11 Å². The van der Waals surface area contributed by atoms with E-state index in [1.54, 1.807) is 0 Å². The molecular formula is C18H31NO2. The summed E-state index contributed by atoms with van der Waals surface area (Å²) in [6.45, 7) is 11.6. The van der Waals surface area contributed by atoms with E-state index in [0.29, 0.717) is 19.2 Å². The number of rotatable bonds is 9. The summed E-state index contributed by atoms with van der Waals surface area (Å²) in [6, 6.07) is 6.52. The number of ether oxygens (including phenoxy) is 1. The normalized spacial score (nSPS) is 15.5. The van der Waals surface area contributed by atoms with E-state index in [4.69, 9.17) is 4.74 Å². The van der Waals surface area contributed by atoms with Gasteiger partial charge in [-0.1, -0.05) is 38.0 Å². The number of benzene rings is 1. The molecule has 0 fully saturated rings. The van der Waals surface area contributed by atoms with Crippen molar-refractivity contribution in [2.75, 3.05) is 13.2 Å². The topological polar surface area (TPSA) is 41.5 Å². The van der Waals surface area contributed by atoms with Crippen molar-refractivity contribution in [1.29, 1.82) is 0 Å². The fraction of sp³-hybridized carbons (Fsp3) is 0.667. The van der Waals surface area contributed by atoms with Gasteiger partial charge in [0.05, 0.1) is 0 Å². The third-order valence-corrected chi connectivity index (χ3v) is 3.92. The molecule has 0 heterocycles. The third kappa shape index (κ3) is 6.96. The molecule has 2 N–H and O–H groups in total.